The van der Waals surface area contributed by atoms with Crippen molar-refractivity contribution in [1.82, 2.24) is 9.62 Å². The molecule has 1 rings (SSSR count). The molecule has 19 heavy (non-hydrogen) atoms. The standard InChI is InChI=1S/C13H22N2O3S/c1-15(12-13-6-3-2-4-7-13)9-5-8-14-19(17,18)11-10-16/h2-4,6-7,14,16H,5,8-12H2,1H3. The fourth-order valence-corrected chi connectivity index (χ4v) is 2.58. The first-order chi connectivity index (χ1) is 9.03. The van der Waals surface area contributed by atoms with Crippen molar-refractivity contribution >= 4 is 10.0 Å². The van der Waals surface area contributed by atoms with E-state index in [1.807, 2.05) is 25.2 Å². The van der Waals surface area contributed by atoms with Crippen LogP contribution >= 0.6 is 0 Å². The molecule has 2 N–H and O–H groups in total. The number of benzene rings is 1. The Morgan fingerprint density at radius 2 is 1.95 bits per heavy atom. The molecule has 0 saturated carbocycles. The van der Waals surface area contributed by atoms with Crippen LogP contribution in [0.15, 0.2) is 30.3 Å². The Hall–Kier alpha value is -0.950. The topological polar surface area (TPSA) is 69.6 Å². The first kappa shape index (κ1) is 16.1. The van der Waals surface area contributed by atoms with Crippen molar-refractivity contribution in [2.75, 3.05) is 32.5 Å². The largest absolute Gasteiger partial charge is 0.395 e. The van der Waals surface area contributed by atoms with Gasteiger partial charge in [-0.05, 0) is 25.6 Å². The second-order valence-corrected chi connectivity index (χ2v) is 6.44. The Kier molecular flexibility index (Phi) is 7.01. The van der Waals surface area contributed by atoms with Crippen molar-refractivity contribution in [3.63, 3.8) is 0 Å². The van der Waals surface area contributed by atoms with Gasteiger partial charge in [-0.2, -0.15) is 0 Å². The smallest absolute Gasteiger partial charge is 0.213 e. The van der Waals surface area contributed by atoms with Gasteiger partial charge in [0.05, 0.1) is 12.4 Å². The van der Waals surface area contributed by atoms with Crippen molar-refractivity contribution in [2.24, 2.45) is 0 Å². The fourth-order valence-electron chi connectivity index (χ4n) is 1.74. The zero-order valence-corrected chi connectivity index (χ0v) is 12.1. The molecule has 0 saturated heterocycles. The molecule has 0 bridgehead atoms. The summed E-state index contributed by atoms with van der Waals surface area (Å²) in [6.45, 7) is 1.73. The molecule has 0 aliphatic carbocycles. The normalized spacial score (nSPS) is 11.9. The Morgan fingerprint density at radius 3 is 2.58 bits per heavy atom. The van der Waals surface area contributed by atoms with Gasteiger partial charge < -0.3 is 10.0 Å². The van der Waals surface area contributed by atoms with E-state index in [-0.39, 0.29) is 12.4 Å². The van der Waals surface area contributed by atoms with Crippen molar-refractivity contribution < 1.29 is 13.5 Å². The summed E-state index contributed by atoms with van der Waals surface area (Å²) in [7, 11) is -1.30. The quantitative estimate of drug-likeness (QED) is 0.646. The molecule has 0 radical (unpaired) electrons. The first-order valence-corrected chi connectivity index (χ1v) is 7.99. The summed E-state index contributed by atoms with van der Waals surface area (Å²) in [5.41, 5.74) is 1.24. The van der Waals surface area contributed by atoms with Gasteiger partial charge in [0.2, 0.25) is 10.0 Å². The van der Waals surface area contributed by atoms with E-state index >= 15 is 0 Å². The molecule has 0 atom stereocenters. The monoisotopic (exact) mass is 286 g/mol. The fraction of sp³-hybridized carbons (Fsp3) is 0.538. The van der Waals surface area contributed by atoms with Gasteiger partial charge in [0.15, 0.2) is 0 Å². The molecular weight excluding hydrogens is 264 g/mol. The van der Waals surface area contributed by atoms with E-state index in [0.29, 0.717) is 6.54 Å². The maximum atomic E-state index is 11.3. The van der Waals surface area contributed by atoms with Gasteiger partial charge in [-0.3, -0.25) is 0 Å². The lowest BCUT2D eigenvalue weighted by Gasteiger charge is -2.16. The van der Waals surface area contributed by atoms with Gasteiger partial charge >= 0.3 is 0 Å². The molecule has 1 aromatic rings. The van der Waals surface area contributed by atoms with Gasteiger partial charge in [0.1, 0.15) is 0 Å². The number of aliphatic hydroxyl groups is 1. The maximum Gasteiger partial charge on any atom is 0.213 e. The van der Waals surface area contributed by atoms with Crippen molar-refractivity contribution in [3.05, 3.63) is 35.9 Å². The van der Waals surface area contributed by atoms with E-state index in [1.165, 1.54) is 5.56 Å². The number of sulfonamides is 1. The highest BCUT2D eigenvalue weighted by Crippen LogP contribution is 2.02. The van der Waals surface area contributed by atoms with Crippen molar-refractivity contribution in [3.8, 4) is 0 Å². The minimum absolute atomic E-state index is 0.229. The molecule has 6 heteroatoms. The van der Waals surface area contributed by atoms with Gasteiger partial charge in [-0.15, -0.1) is 0 Å². The minimum atomic E-state index is -3.31. The molecule has 0 aromatic heterocycles. The van der Waals surface area contributed by atoms with E-state index in [4.69, 9.17) is 5.11 Å². The molecule has 0 unspecified atom stereocenters. The summed E-state index contributed by atoms with van der Waals surface area (Å²) in [6.07, 6.45) is 0.744. The third kappa shape index (κ3) is 7.27. The second kappa shape index (κ2) is 8.27. The van der Waals surface area contributed by atoms with Crippen LogP contribution in [-0.2, 0) is 16.6 Å². The molecule has 0 heterocycles. The highest BCUT2D eigenvalue weighted by molar-refractivity contribution is 7.89. The second-order valence-electron chi connectivity index (χ2n) is 4.51. The summed E-state index contributed by atoms with van der Waals surface area (Å²) in [5.74, 6) is -0.229. The van der Waals surface area contributed by atoms with Crippen LogP contribution < -0.4 is 4.72 Å². The van der Waals surface area contributed by atoms with Crippen LogP contribution in [0, 0.1) is 0 Å². The van der Waals surface area contributed by atoms with Crippen LogP contribution in [0.5, 0.6) is 0 Å². The summed E-state index contributed by atoms with van der Waals surface area (Å²) in [5, 5.41) is 8.58. The predicted octanol–water partition coefficient (Wildman–Crippen LogP) is 0.420. The molecule has 1 aromatic carbocycles. The lowest BCUT2D eigenvalue weighted by Crippen LogP contribution is -2.30. The molecule has 0 fully saturated rings. The molecule has 0 amide bonds. The Morgan fingerprint density at radius 1 is 1.26 bits per heavy atom. The van der Waals surface area contributed by atoms with Crippen molar-refractivity contribution in [2.45, 2.75) is 13.0 Å². The van der Waals surface area contributed by atoms with Crippen LogP contribution in [0.4, 0.5) is 0 Å². The average Bonchev–Trinajstić information content (AvgIpc) is 2.36. The number of nitrogens with zero attached hydrogens (tertiary/aromatic N) is 1. The van der Waals surface area contributed by atoms with Gasteiger partial charge in [-0.1, -0.05) is 30.3 Å². The minimum Gasteiger partial charge on any atom is -0.395 e. The molecule has 108 valence electrons. The Balaban J connectivity index is 2.19. The summed E-state index contributed by atoms with van der Waals surface area (Å²) >= 11 is 0. The highest BCUT2D eigenvalue weighted by atomic mass is 32.2. The van der Waals surface area contributed by atoms with Crippen LogP contribution in [0.1, 0.15) is 12.0 Å². The van der Waals surface area contributed by atoms with Gasteiger partial charge in [-0.25, -0.2) is 13.1 Å². The summed E-state index contributed by atoms with van der Waals surface area (Å²) in [4.78, 5) is 2.15. The van der Waals surface area contributed by atoms with E-state index in [0.717, 1.165) is 19.5 Å². The third-order valence-electron chi connectivity index (χ3n) is 2.69. The number of nitrogens with one attached hydrogen (secondary N) is 1. The molecule has 0 spiro atoms. The van der Waals surface area contributed by atoms with E-state index in [2.05, 4.69) is 21.8 Å². The van der Waals surface area contributed by atoms with Crippen LogP contribution in [0.25, 0.3) is 0 Å². The highest BCUT2D eigenvalue weighted by Gasteiger charge is 2.08. The Bertz CT molecular complexity index is 448. The number of hydrogen-bond donors (Lipinski definition) is 2. The average molecular weight is 286 g/mol. The van der Waals surface area contributed by atoms with Crippen molar-refractivity contribution in [1.29, 1.82) is 0 Å². The number of aliphatic hydroxyl groups excluding tert-OH is 1. The molecule has 0 aliphatic rings. The Labute approximate surface area is 115 Å². The summed E-state index contributed by atoms with van der Waals surface area (Å²) in [6, 6.07) is 10.1. The van der Waals surface area contributed by atoms with Gasteiger partial charge in [0.25, 0.3) is 0 Å². The van der Waals surface area contributed by atoms with Crippen LogP contribution in [-0.4, -0.2) is 50.9 Å². The lowest BCUT2D eigenvalue weighted by atomic mass is 10.2. The lowest BCUT2D eigenvalue weighted by molar-refractivity contribution is 0.317. The van der Waals surface area contributed by atoms with Crippen LogP contribution in [0.3, 0.4) is 0 Å². The van der Waals surface area contributed by atoms with E-state index in [1.54, 1.807) is 0 Å². The maximum absolute atomic E-state index is 11.3. The number of rotatable bonds is 9. The zero-order chi connectivity index (χ0) is 14.1. The van der Waals surface area contributed by atoms with E-state index in [9.17, 15) is 8.42 Å². The SMILES string of the molecule is CN(CCCNS(=O)(=O)CCO)Cc1ccccc1. The number of hydrogen-bond acceptors (Lipinski definition) is 4. The molecular formula is C13H22N2O3S. The zero-order valence-electron chi connectivity index (χ0n) is 11.2. The first-order valence-electron chi connectivity index (χ1n) is 6.34. The van der Waals surface area contributed by atoms with Gasteiger partial charge in [0, 0.05) is 13.1 Å². The molecule has 0 aliphatic heterocycles. The van der Waals surface area contributed by atoms with Crippen LogP contribution in [0.2, 0.25) is 0 Å². The summed E-state index contributed by atoms with van der Waals surface area (Å²) < 4.78 is 25.0. The van der Waals surface area contributed by atoms with E-state index < -0.39 is 10.0 Å². The third-order valence-corrected chi connectivity index (χ3v) is 4.06. The molecule has 5 nitrogen and oxygen atoms in total. The predicted molar refractivity (Wildman–Crippen MR) is 76.3 cm³/mol.